The third-order valence-corrected chi connectivity index (χ3v) is 8.28. The van der Waals surface area contributed by atoms with Crippen LogP contribution in [-0.2, 0) is 19.2 Å². The van der Waals surface area contributed by atoms with Crippen LogP contribution in [0.25, 0.3) is 11.2 Å². The molecule has 0 radical (unpaired) electrons. The van der Waals surface area contributed by atoms with Crippen LogP contribution in [0.2, 0.25) is 0 Å². The molecule has 2 aliphatic rings. The van der Waals surface area contributed by atoms with Crippen LogP contribution in [0.3, 0.4) is 0 Å². The first-order chi connectivity index (χ1) is 18.4. The van der Waals surface area contributed by atoms with Gasteiger partial charge in [0.15, 0.2) is 16.5 Å². The molecule has 0 saturated carbocycles. The average Bonchev–Trinajstić information content (AvgIpc) is 3.56. The Balaban J connectivity index is 1.27. The molecule has 3 aromatic rings. The van der Waals surface area contributed by atoms with E-state index >= 15 is 0 Å². The number of nitrogens with two attached hydrogens (primary N) is 1. The summed E-state index contributed by atoms with van der Waals surface area (Å²) in [6.07, 6.45) is 6.46. The Morgan fingerprint density at radius 2 is 2.26 bits per heavy atom. The lowest BCUT2D eigenvalue weighted by Gasteiger charge is -2.49. The summed E-state index contributed by atoms with van der Waals surface area (Å²) in [6, 6.07) is -1.45. The van der Waals surface area contributed by atoms with Crippen molar-refractivity contribution >= 4 is 74.7 Å². The Hall–Kier alpha value is -3.96. The van der Waals surface area contributed by atoms with Crippen molar-refractivity contribution in [3.05, 3.63) is 46.5 Å². The van der Waals surface area contributed by atoms with E-state index in [9.17, 15) is 19.5 Å². The number of fused-ring (bicyclic) bond motifs is 2. The van der Waals surface area contributed by atoms with E-state index in [0.29, 0.717) is 32.6 Å². The monoisotopic (exact) mass is 573 g/mol. The number of imidazole rings is 1. The fourth-order valence-electron chi connectivity index (χ4n) is 3.88. The van der Waals surface area contributed by atoms with Crippen LogP contribution in [0.1, 0.15) is 5.69 Å². The van der Waals surface area contributed by atoms with Gasteiger partial charge in [0.1, 0.15) is 41.4 Å². The number of nitrogens with one attached hydrogen (secondary N) is 2. The maximum absolute atomic E-state index is 13.0. The van der Waals surface area contributed by atoms with Crippen LogP contribution in [-0.4, -0.2) is 89.1 Å². The number of aliphatic carboxylic acids is 1. The number of thioether (sulfide) groups is 2. The first kappa shape index (κ1) is 25.7. The minimum atomic E-state index is -1.23. The molecule has 2 atom stereocenters. The Kier molecular flexibility index (Phi) is 7.30. The molecule has 0 bridgehead atoms. The molecule has 0 unspecified atom stereocenters. The first-order valence-electron chi connectivity index (χ1n) is 10.9. The number of aromatic amines is 1. The number of aromatic nitrogens is 5. The predicted molar refractivity (Wildman–Crippen MR) is 141 cm³/mol. The van der Waals surface area contributed by atoms with Gasteiger partial charge in [-0.25, -0.2) is 24.7 Å². The number of oxime groups is 1. The number of amides is 2. The van der Waals surface area contributed by atoms with E-state index in [0.717, 1.165) is 11.3 Å². The number of allylic oxidation sites excluding steroid dienone is 1. The Morgan fingerprint density at radius 1 is 1.42 bits per heavy atom. The maximum Gasteiger partial charge on any atom is 0.353 e. The van der Waals surface area contributed by atoms with Gasteiger partial charge in [-0.2, -0.15) is 0 Å². The van der Waals surface area contributed by atoms with E-state index in [4.69, 9.17) is 10.6 Å². The van der Waals surface area contributed by atoms with E-state index in [1.807, 2.05) is 0 Å². The van der Waals surface area contributed by atoms with Crippen LogP contribution in [0.5, 0.6) is 0 Å². The number of β-lactam (4-membered cyclic amide) rings is 1. The zero-order valence-corrected chi connectivity index (χ0v) is 22.0. The highest BCUT2D eigenvalue weighted by atomic mass is 32.2. The Morgan fingerprint density at radius 3 is 3.00 bits per heavy atom. The molecule has 1 saturated heterocycles. The van der Waals surface area contributed by atoms with Crippen LogP contribution in [0, 0.1) is 0 Å². The molecular formula is C21H19N9O5S3. The number of thiazole rings is 1. The summed E-state index contributed by atoms with van der Waals surface area (Å²) in [7, 11) is 1.28. The number of anilines is 1. The van der Waals surface area contributed by atoms with E-state index in [-0.39, 0.29) is 22.2 Å². The number of carboxylic acids is 1. The van der Waals surface area contributed by atoms with E-state index in [2.05, 4.69) is 35.4 Å². The molecule has 5 rings (SSSR count). The Labute approximate surface area is 226 Å². The van der Waals surface area contributed by atoms with Gasteiger partial charge < -0.3 is 26.0 Å². The summed E-state index contributed by atoms with van der Waals surface area (Å²) < 4.78 is 0. The molecule has 196 valence electrons. The standard InChI is InChI=1S/C21H19N9O5S3/c1-35-29-12(9-5-38-21(22)27-9)17(31)28-13-10-6-37-11(15(20(33)34)30(10)19(13)32)3-2-4-36-18-14-16(24-7-23-14)25-8-26-18/h2-3,5,7-8,10,13H,4,6H2,1H3,(H2,22,27)(H,28,31)(H,33,34)(H,23,24,25,26)/t10-,13+/m1/s1. The number of hydrogen-bond donors (Lipinski definition) is 4. The highest BCUT2D eigenvalue weighted by molar-refractivity contribution is 8.03. The van der Waals surface area contributed by atoms with Crippen molar-refractivity contribution in [1.82, 2.24) is 35.1 Å². The predicted octanol–water partition coefficient (Wildman–Crippen LogP) is 0.829. The van der Waals surface area contributed by atoms with Gasteiger partial charge in [0, 0.05) is 21.8 Å². The summed E-state index contributed by atoms with van der Waals surface area (Å²) in [4.78, 5) is 63.9. The van der Waals surface area contributed by atoms with Crippen LogP contribution in [0.15, 0.2) is 51.0 Å². The topological polar surface area (TPSA) is 202 Å². The van der Waals surface area contributed by atoms with Gasteiger partial charge in [-0.15, -0.1) is 23.1 Å². The second-order valence-electron chi connectivity index (χ2n) is 7.74. The van der Waals surface area contributed by atoms with Crippen LogP contribution >= 0.6 is 34.9 Å². The van der Waals surface area contributed by atoms with Crippen molar-refractivity contribution in [1.29, 1.82) is 0 Å². The van der Waals surface area contributed by atoms with E-state index in [1.165, 1.54) is 48.2 Å². The second kappa shape index (κ2) is 10.8. The van der Waals surface area contributed by atoms with Crippen LogP contribution in [0.4, 0.5) is 5.13 Å². The number of nitrogen functional groups attached to an aromatic ring is 1. The number of hydrogen-bond acceptors (Lipinski definition) is 13. The third kappa shape index (κ3) is 4.82. The molecule has 0 spiro atoms. The van der Waals surface area contributed by atoms with Gasteiger partial charge in [0.05, 0.1) is 12.4 Å². The van der Waals surface area contributed by atoms with E-state index in [1.54, 1.807) is 17.5 Å². The number of rotatable bonds is 9. The molecule has 3 aromatic heterocycles. The number of nitrogens with zero attached hydrogens (tertiary/aromatic N) is 6. The molecule has 2 aliphatic heterocycles. The number of carbonyl (C=O) groups excluding carboxylic acids is 2. The molecule has 38 heavy (non-hydrogen) atoms. The quantitative estimate of drug-likeness (QED) is 0.0924. The SMILES string of the molecule is CON=C(C(=O)N[C@@H]1C(=O)N2C(C(=O)O)=C(C=CCSc3ncnc4[nH]cnc34)SC[C@H]12)c1csc(N)n1. The summed E-state index contributed by atoms with van der Waals surface area (Å²) in [5.74, 6) is -1.56. The Bertz CT molecular complexity index is 1510. The lowest BCUT2D eigenvalue weighted by molar-refractivity contribution is -0.153. The maximum atomic E-state index is 13.0. The number of H-pyrrole nitrogens is 1. The largest absolute Gasteiger partial charge is 0.477 e. The van der Waals surface area contributed by atoms with Gasteiger partial charge in [-0.1, -0.05) is 23.0 Å². The molecule has 5 heterocycles. The van der Waals surface area contributed by atoms with Gasteiger partial charge in [0.2, 0.25) is 0 Å². The summed E-state index contributed by atoms with van der Waals surface area (Å²) >= 11 is 3.84. The van der Waals surface area contributed by atoms with Gasteiger partial charge >= 0.3 is 5.97 Å². The molecule has 0 aliphatic carbocycles. The van der Waals surface area contributed by atoms with Crippen molar-refractivity contribution in [2.24, 2.45) is 5.16 Å². The zero-order chi connectivity index (χ0) is 26.8. The highest BCUT2D eigenvalue weighted by Gasteiger charge is 2.54. The van der Waals surface area contributed by atoms with E-state index < -0.39 is 29.9 Å². The second-order valence-corrected chi connectivity index (χ2v) is 10.7. The fraction of sp³-hybridized carbons (Fsp3) is 0.238. The molecule has 5 N–H and O–H groups in total. The molecular weight excluding hydrogens is 554 g/mol. The molecule has 17 heteroatoms. The van der Waals surface area contributed by atoms with Crippen molar-refractivity contribution in [2.45, 2.75) is 17.1 Å². The lowest BCUT2D eigenvalue weighted by atomic mass is 9.94. The molecule has 1 fully saturated rings. The minimum absolute atomic E-state index is 0.127. The molecule has 0 aromatic carbocycles. The minimum Gasteiger partial charge on any atom is -0.477 e. The van der Waals surface area contributed by atoms with Crippen molar-refractivity contribution in [2.75, 3.05) is 24.3 Å². The third-order valence-electron chi connectivity index (χ3n) is 5.52. The molecule has 14 nitrogen and oxygen atoms in total. The zero-order valence-electron chi connectivity index (χ0n) is 19.5. The smallest absolute Gasteiger partial charge is 0.353 e. The van der Waals surface area contributed by atoms with Crippen LogP contribution < -0.4 is 11.1 Å². The summed E-state index contributed by atoms with van der Waals surface area (Å²) in [5, 5.41) is 18.7. The summed E-state index contributed by atoms with van der Waals surface area (Å²) in [5.41, 5.74) is 6.88. The van der Waals surface area contributed by atoms with Crippen molar-refractivity contribution in [3.63, 3.8) is 0 Å². The van der Waals surface area contributed by atoms with Crippen molar-refractivity contribution in [3.8, 4) is 0 Å². The lowest BCUT2D eigenvalue weighted by Crippen LogP contribution is -2.73. The number of carbonyl (C=O) groups is 3. The first-order valence-corrected chi connectivity index (χ1v) is 13.7. The van der Waals surface area contributed by atoms with Crippen molar-refractivity contribution < 1.29 is 24.3 Å². The average molecular weight is 574 g/mol. The number of carboxylic acid groups (broad SMARTS) is 1. The normalized spacial score (nSPS) is 19.6. The molecule has 2 amide bonds. The summed E-state index contributed by atoms with van der Waals surface area (Å²) in [6.45, 7) is 0. The van der Waals surface area contributed by atoms with Gasteiger partial charge in [0.25, 0.3) is 11.8 Å². The van der Waals surface area contributed by atoms with Gasteiger partial charge in [-0.3, -0.25) is 14.5 Å². The fourth-order valence-corrected chi connectivity index (χ4v) is 6.39. The highest BCUT2D eigenvalue weighted by Crippen LogP contribution is 2.39. The van der Waals surface area contributed by atoms with Gasteiger partial charge in [-0.05, 0) is 6.08 Å².